The molecule has 0 aliphatic carbocycles. The van der Waals surface area contributed by atoms with E-state index in [-0.39, 0.29) is 0 Å². The summed E-state index contributed by atoms with van der Waals surface area (Å²) in [5.74, 6) is 0. The number of amides is 1. The number of hydrogen-bond acceptors (Lipinski definition) is 3. The second-order valence-corrected chi connectivity index (χ2v) is 5.29. The van der Waals surface area contributed by atoms with Gasteiger partial charge in [-0.2, -0.15) is 5.26 Å². The summed E-state index contributed by atoms with van der Waals surface area (Å²) in [6.07, 6.45) is -0.525. The number of ether oxygens (including phenoxy) is 1. The number of carbonyl (C=O) groups is 1. The van der Waals surface area contributed by atoms with E-state index in [9.17, 15) is 4.79 Å². The SMILES string of the molecule is CC(C)(C)OC(=O)Nc1ccc(C#N)cc1Br. The highest BCUT2D eigenvalue weighted by molar-refractivity contribution is 9.10. The van der Waals surface area contributed by atoms with Crippen LogP contribution < -0.4 is 5.32 Å². The first-order chi connectivity index (χ1) is 7.81. The zero-order chi connectivity index (χ0) is 13.1. The average Bonchev–Trinajstić information content (AvgIpc) is 2.18. The molecule has 0 spiro atoms. The van der Waals surface area contributed by atoms with Gasteiger partial charge >= 0.3 is 6.09 Å². The number of nitrogens with one attached hydrogen (secondary N) is 1. The summed E-state index contributed by atoms with van der Waals surface area (Å²) in [6, 6.07) is 6.91. The molecule has 0 aromatic heterocycles. The van der Waals surface area contributed by atoms with Crippen molar-refractivity contribution in [2.45, 2.75) is 26.4 Å². The third-order valence-corrected chi connectivity index (χ3v) is 2.39. The molecule has 1 aromatic carbocycles. The van der Waals surface area contributed by atoms with Crippen molar-refractivity contribution in [3.63, 3.8) is 0 Å². The molecule has 1 N–H and O–H groups in total. The number of carbonyl (C=O) groups excluding carboxylic acids is 1. The summed E-state index contributed by atoms with van der Waals surface area (Å²) in [4.78, 5) is 11.5. The van der Waals surface area contributed by atoms with Gasteiger partial charge in [-0.3, -0.25) is 5.32 Å². The standard InChI is InChI=1S/C12H13BrN2O2/c1-12(2,3)17-11(16)15-10-5-4-8(7-14)6-9(10)13/h4-6H,1-3H3,(H,15,16). The van der Waals surface area contributed by atoms with Gasteiger partial charge in [0.1, 0.15) is 5.60 Å². The van der Waals surface area contributed by atoms with Gasteiger partial charge in [0.15, 0.2) is 0 Å². The number of nitrogens with zero attached hydrogens (tertiary/aromatic N) is 1. The van der Waals surface area contributed by atoms with Gasteiger partial charge in [0.2, 0.25) is 0 Å². The highest BCUT2D eigenvalue weighted by Gasteiger charge is 2.16. The maximum Gasteiger partial charge on any atom is 0.412 e. The molecular formula is C12H13BrN2O2. The maximum atomic E-state index is 11.5. The van der Waals surface area contributed by atoms with E-state index in [4.69, 9.17) is 10.00 Å². The molecule has 5 heteroatoms. The fourth-order valence-corrected chi connectivity index (χ4v) is 1.58. The predicted molar refractivity (Wildman–Crippen MR) is 68.7 cm³/mol. The van der Waals surface area contributed by atoms with Crippen LogP contribution in [0.15, 0.2) is 22.7 Å². The molecule has 1 aromatic rings. The highest BCUT2D eigenvalue weighted by Crippen LogP contribution is 2.24. The first-order valence-corrected chi connectivity index (χ1v) is 5.81. The van der Waals surface area contributed by atoms with Crippen LogP contribution in [0.4, 0.5) is 10.5 Å². The summed E-state index contributed by atoms with van der Waals surface area (Å²) in [7, 11) is 0. The van der Waals surface area contributed by atoms with Crippen LogP contribution in [-0.2, 0) is 4.74 Å². The van der Waals surface area contributed by atoms with E-state index < -0.39 is 11.7 Å². The van der Waals surface area contributed by atoms with E-state index >= 15 is 0 Å². The summed E-state index contributed by atoms with van der Waals surface area (Å²) in [5, 5.41) is 11.3. The number of halogens is 1. The molecule has 0 heterocycles. The molecule has 0 atom stereocenters. The van der Waals surface area contributed by atoms with Crippen LogP contribution in [0.2, 0.25) is 0 Å². The molecule has 90 valence electrons. The lowest BCUT2D eigenvalue weighted by atomic mass is 10.2. The smallest absolute Gasteiger partial charge is 0.412 e. The summed E-state index contributed by atoms with van der Waals surface area (Å²) in [5.41, 5.74) is 0.549. The number of hydrogen-bond donors (Lipinski definition) is 1. The van der Waals surface area contributed by atoms with Crippen LogP contribution in [0.5, 0.6) is 0 Å². The second kappa shape index (κ2) is 5.19. The molecule has 0 saturated heterocycles. The van der Waals surface area contributed by atoms with Crippen LogP contribution in [0.3, 0.4) is 0 Å². The van der Waals surface area contributed by atoms with Gasteiger partial charge in [0.05, 0.1) is 17.3 Å². The Morgan fingerprint density at radius 2 is 2.12 bits per heavy atom. The van der Waals surface area contributed by atoms with Crippen molar-refractivity contribution in [1.82, 2.24) is 0 Å². The fourth-order valence-electron chi connectivity index (χ4n) is 1.10. The predicted octanol–water partition coefficient (Wildman–Crippen LogP) is 3.67. The molecule has 17 heavy (non-hydrogen) atoms. The molecule has 0 bridgehead atoms. The van der Waals surface area contributed by atoms with Crippen molar-refractivity contribution in [1.29, 1.82) is 5.26 Å². The molecule has 1 amide bonds. The number of benzene rings is 1. The van der Waals surface area contributed by atoms with E-state index in [0.29, 0.717) is 15.7 Å². The van der Waals surface area contributed by atoms with E-state index in [1.165, 1.54) is 0 Å². The van der Waals surface area contributed by atoms with Crippen LogP contribution in [0.1, 0.15) is 26.3 Å². The Morgan fingerprint density at radius 1 is 1.47 bits per heavy atom. The Bertz CT molecular complexity index is 472. The Kier molecular flexibility index (Phi) is 4.13. The van der Waals surface area contributed by atoms with Crippen molar-refractivity contribution in [3.8, 4) is 6.07 Å². The number of anilines is 1. The third-order valence-electron chi connectivity index (χ3n) is 1.73. The van der Waals surface area contributed by atoms with Gasteiger partial charge in [-0.25, -0.2) is 4.79 Å². The molecule has 0 fully saturated rings. The van der Waals surface area contributed by atoms with Crippen LogP contribution in [-0.4, -0.2) is 11.7 Å². The minimum atomic E-state index is -0.539. The van der Waals surface area contributed by atoms with E-state index in [1.807, 2.05) is 6.07 Å². The van der Waals surface area contributed by atoms with E-state index in [2.05, 4.69) is 21.2 Å². The molecule has 0 saturated carbocycles. The average molecular weight is 297 g/mol. The zero-order valence-electron chi connectivity index (χ0n) is 9.87. The van der Waals surface area contributed by atoms with E-state index in [0.717, 1.165) is 0 Å². The lowest BCUT2D eigenvalue weighted by molar-refractivity contribution is 0.0636. The minimum Gasteiger partial charge on any atom is -0.444 e. The third kappa shape index (κ3) is 4.45. The fraction of sp³-hybridized carbons (Fsp3) is 0.333. The van der Waals surface area contributed by atoms with E-state index in [1.54, 1.807) is 39.0 Å². The lowest BCUT2D eigenvalue weighted by Crippen LogP contribution is -2.27. The van der Waals surface area contributed by atoms with Crippen LogP contribution >= 0.6 is 15.9 Å². The molecule has 0 unspecified atom stereocenters. The van der Waals surface area contributed by atoms with Gasteiger partial charge < -0.3 is 4.74 Å². The monoisotopic (exact) mass is 296 g/mol. The first-order valence-electron chi connectivity index (χ1n) is 5.01. The first kappa shape index (κ1) is 13.5. The van der Waals surface area contributed by atoms with Gasteiger partial charge in [-0.15, -0.1) is 0 Å². The molecular weight excluding hydrogens is 284 g/mol. The Hall–Kier alpha value is -1.54. The van der Waals surface area contributed by atoms with Crippen molar-refractivity contribution in [3.05, 3.63) is 28.2 Å². The van der Waals surface area contributed by atoms with Gasteiger partial charge in [0.25, 0.3) is 0 Å². The quantitative estimate of drug-likeness (QED) is 0.860. The Morgan fingerprint density at radius 3 is 2.59 bits per heavy atom. The summed E-state index contributed by atoms with van der Waals surface area (Å²) in [6.45, 7) is 5.38. The van der Waals surface area contributed by atoms with Crippen molar-refractivity contribution < 1.29 is 9.53 Å². The van der Waals surface area contributed by atoms with Gasteiger partial charge in [0, 0.05) is 4.47 Å². The molecule has 0 aliphatic heterocycles. The maximum absolute atomic E-state index is 11.5. The Balaban J connectivity index is 2.76. The summed E-state index contributed by atoms with van der Waals surface area (Å²) >= 11 is 3.27. The lowest BCUT2D eigenvalue weighted by Gasteiger charge is -2.20. The number of nitriles is 1. The molecule has 0 radical (unpaired) electrons. The van der Waals surface area contributed by atoms with Crippen LogP contribution in [0, 0.1) is 11.3 Å². The van der Waals surface area contributed by atoms with Crippen molar-refractivity contribution in [2.75, 3.05) is 5.32 Å². The highest BCUT2D eigenvalue weighted by atomic mass is 79.9. The largest absolute Gasteiger partial charge is 0.444 e. The second-order valence-electron chi connectivity index (χ2n) is 4.43. The number of rotatable bonds is 1. The van der Waals surface area contributed by atoms with Gasteiger partial charge in [-0.05, 0) is 54.9 Å². The van der Waals surface area contributed by atoms with Crippen molar-refractivity contribution >= 4 is 27.7 Å². The minimum absolute atomic E-state index is 0.520. The van der Waals surface area contributed by atoms with Gasteiger partial charge in [-0.1, -0.05) is 0 Å². The zero-order valence-corrected chi connectivity index (χ0v) is 11.5. The normalized spacial score (nSPS) is 10.5. The topological polar surface area (TPSA) is 62.1 Å². The van der Waals surface area contributed by atoms with Crippen LogP contribution in [0.25, 0.3) is 0 Å². The van der Waals surface area contributed by atoms with Crippen molar-refractivity contribution in [2.24, 2.45) is 0 Å². The Labute approximate surface area is 109 Å². The molecule has 1 rings (SSSR count). The molecule has 4 nitrogen and oxygen atoms in total. The molecule has 0 aliphatic rings. The summed E-state index contributed by atoms with van der Waals surface area (Å²) < 4.78 is 5.76.